The monoisotopic (exact) mass is 462 g/mol. The van der Waals surface area contributed by atoms with E-state index in [1.807, 2.05) is 0 Å². The van der Waals surface area contributed by atoms with Crippen molar-refractivity contribution >= 4 is 5.97 Å². The van der Waals surface area contributed by atoms with E-state index in [0.29, 0.717) is 40.5 Å². The highest BCUT2D eigenvalue weighted by Gasteiger charge is 2.30. The number of hydrogen-bond acceptors (Lipinski definition) is 5. The third-order valence-corrected chi connectivity index (χ3v) is 4.34. The van der Waals surface area contributed by atoms with Gasteiger partial charge in [-0.2, -0.15) is 0 Å². The van der Waals surface area contributed by atoms with Crippen molar-refractivity contribution in [2.24, 2.45) is 0 Å². The molecule has 0 aliphatic heterocycles. The number of methoxy groups -OCH3 is 1. The van der Waals surface area contributed by atoms with E-state index in [1.54, 1.807) is 49.6 Å². The van der Waals surface area contributed by atoms with Crippen molar-refractivity contribution in [3.05, 3.63) is 72.3 Å². The fourth-order valence-electron chi connectivity index (χ4n) is 3.02. The Morgan fingerprint density at radius 2 is 1.58 bits per heavy atom. The Balaban J connectivity index is 1.80. The Kier molecular flexibility index (Phi) is 7.78. The average molecular weight is 462 g/mol. The zero-order valence-electron chi connectivity index (χ0n) is 17.6. The molecule has 0 atom stereocenters. The molecule has 0 amide bonds. The minimum absolute atomic E-state index is 0.204. The second-order valence-corrected chi connectivity index (χ2v) is 6.93. The van der Waals surface area contributed by atoms with Gasteiger partial charge in [-0.15, -0.1) is 13.2 Å². The van der Waals surface area contributed by atoms with Gasteiger partial charge in [0.05, 0.1) is 13.0 Å². The Bertz CT molecular complexity index is 1080. The van der Waals surface area contributed by atoms with Crippen molar-refractivity contribution in [3.8, 4) is 34.1 Å². The van der Waals surface area contributed by atoms with Crippen molar-refractivity contribution in [1.29, 1.82) is 0 Å². The van der Waals surface area contributed by atoms with Gasteiger partial charge in [0.25, 0.3) is 0 Å². The van der Waals surface area contributed by atoms with Crippen LogP contribution in [-0.4, -0.2) is 37.8 Å². The first-order valence-electron chi connectivity index (χ1n) is 9.83. The first-order valence-corrected chi connectivity index (χ1v) is 9.83. The summed E-state index contributed by atoms with van der Waals surface area (Å²) in [5.41, 5.74) is 1.88. The summed E-state index contributed by atoms with van der Waals surface area (Å²) in [6.45, 7) is 0.657. The van der Waals surface area contributed by atoms with Gasteiger partial charge in [0, 0.05) is 13.2 Å². The number of carboxylic acids is 1. The summed E-state index contributed by atoms with van der Waals surface area (Å²) in [5, 5.41) is 9.12. The summed E-state index contributed by atoms with van der Waals surface area (Å²) < 4.78 is 57.4. The molecule has 3 aromatic carbocycles. The van der Waals surface area contributed by atoms with Crippen molar-refractivity contribution in [2.75, 3.05) is 20.3 Å². The largest absolute Gasteiger partial charge is 0.573 e. The third-order valence-electron chi connectivity index (χ3n) is 4.34. The summed E-state index contributed by atoms with van der Waals surface area (Å²) in [4.78, 5) is 11.1. The van der Waals surface area contributed by atoms with Crippen LogP contribution in [0, 0.1) is 0 Å². The molecule has 0 saturated heterocycles. The van der Waals surface area contributed by atoms with Crippen molar-refractivity contribution < 1.29 is 42.0 Å². The number of hydrogen-bond donors (Lipinski definition) is 1. The van der Waals surface area contributed by atoms with Gasteiger partial charge in [0.15, 0.2) is 0 Å². The Labute approximate surface area is 188 Å². The molecule has 3 aromatic rings. The lowest BCUT2D eigenvalue weighted by molar-refractivity contribution is -0.274. The van der Waals surface area contributed by atoms with Crippen LogP contribution in [0.2, 0.25) is 0 Å². The molecule has 0 aromatic heterocycles. The van der Waals surface area contributed by atoms with E-state index < -0.39 is 12.3 Å². The predicted molar refractivity (Wildman–Crippen MR) is 114 cm³/mol. The second kappa shape index (κ2) is 10.7. The molecule has 0 aliphatic carbocycles. The molecule has 0 unspecified atom stereocenters. The van der Waals surface area contributed by atoms with Crippen molar-refractivity contribution in [1.82, 2.24) is 0 Å². The minimum Gasteiger partial charge on any atom is -0.491 e. The van der Waals surface area contributed by atoms with E-state index in [-0.39, 0.29) is 18.8 Å². The van der Waals surface area contributed by atoms with Gasteiger partial charge in [0.2, 0.25) is 0 Å². The summed E-state index contributed by atoms with van der Waals surface area (Å²) in [6.07, 6.45) is -4.96. The SMILES string of the molecule is COCCOc1cc(CC(=O)O)cc(Oc2cccc(-c3ccc(OC(F)(F)F)cc3)c2)c1. The highest BCUT2D eigenvalue weighted by molar-refractivity contribution is 5.71. The molecular weight excluding hydrogens is 441 g/mol. The third kappa shape index (κ3) is 7.73. The van der Waals surface area contributed by atoms with Crippen LogP contribution in [-0.2, 0) is 16.0 Å². The Morgan fingerprint density at radius 1 is 0.848 bits per heavy atom. The Hall–Kier alpha value is -3.72. The van der Waals surface area contributed by atoms with Gasteiger partial charge >= 0.3 is 12.3 Å². The normalized spacial score (nSPS) is 11.2. The van der Waals surface area contributed by atoms with Crippen molar-refractivity contribution in [2.45, 2.75) is 12.8 Å². The van der Waals surface area contributed by atoms with Crippen LogP contribution in [0.25, 0.3) is 11.1 Å². The molecule has 0 spiro atoms. The molecule has 0 aliphatic rings. The number of carboxylic acid groups (broad SMARTS) is 1. The number of aliphatic carboxylic acids is 1. The summed E-state index contributed by atoms with van der Waals surface area (Å²) >= 11 is 0. The second-order valence-electron chi connectivity index (χ2n) is 6.93. The van der Waals surface area contributed by atoms with Crippen LogP contribution in [0.15, 0.2) is 66.7 Å². The smallest absolute Gasteiger partial charge is 0.491 e. The van der Waals surface area contributed by atoms with Gasteiger partial charge in [-0.1, -0.05) is 24.3 Å². The minimum atomic E-state index is -4.75. The lowest BCUT2D eigenvalue weighted by atomic mass is 10.1. The highest BCUT2D eigenvalue weighted by atomic mass is 19.4. The van der Waals surface area contributed by atoms with Crippen molar-refractivity contribution in [3.63, 3.8) is 0 Å². The Morgan fingerprint density at radius 3 is 2.24 bits per heavy atom. The molecule has 33 heavy (non-hydrogen) atoms. The number of benzene rings is 3. The molecular formula is C24H21F3O6. The fourth-order valence-corrected chi connectivity index (χ4v) is 3.02. The molecule has 0 heterocycles. The zero-order chi connectivity index (χ0) is 23.8. The van der Waals surface area contributed by atoms with Crippen LogP contribution in [0.1, 0.15) is 5.56 Å². The standard InChI is InChI=1S/C24H21F3O6/c1-30-9-10-31-21-11-16(13-23(28)29)12-22(15-21)32-20-4-2-3-18(14-20)17-5-7-19(8-6-17)33-24(25,26)27/h2-8,11-12,14-15H,9-10,13H2,1H3,(H,28,29). The van der Waals surface area contributed by atoms with E-state index in [9.17, 15) is 18.0 Å². The van der Waals surface area contributed by atoms with Crippen LogP contribution in [0.4, 0.5) is 13.2 Å². The fraction of sp³-hybridized carbons (Fsp3) is 0.208. The van der Waals surface area contributed by atoms with Gasteiger partial charge in [-0.3, -0.25) is 4.79 Å². The van der Waals surface area contributed by atoms with Crippen LogP contribution in [0.3, 0.4) is 0 Å². The number of rotatable bonds is 10. The molecule has 174 valence electrons. The quantitative estimate of drug-likeness (QED) is 0.390. The van der Waals surface area contributed by atoms with E-state index in [4.69, 9.17) is 19.3 Å². The maximum Gasteiger partial charge on any atom is 0.573 e. The summed E-state index contributed by atoms with van der Waals surface area (Å²) in [6, 6.07) is 17.3. The van der Waals surface area contributed by atoms with E-state index in [2.05, 4.69) is 4.74 Å². The van der Waals surface area contributed by atoms with Gasteiger partial charge in [-0.05, 0) is 53.1 Å². The van der Waals surface area contributed by atoms with Crippen LogP contribution in [0.5, 0.6) is 23.0 Å². The first-order chi connectivity index (χ1) is 15.7. The number of ether oxygens (including phenoxy) is 4. The topological polar surface area (TPSA) is 74.2 Å². The number of carbonyl (C=O) groups is 1. The lowest BCUT2D eigenvalue weighted by Crippen LogP contribution is -2.16. The molecule has 0 bridgehead atoms. The molecule has 1 N–H and O–H groups in total. The summed E-state index contributed by atoms with van der Waals surface area (Å²) in [5.74, 6) is -0.0206. The summed E-state index contributed by atoms with van der Waals surface area (Å²) in [7, 11) is 1.54. The predicted octanol–water partition coefficient (Wildman–Crippen LogP) is 5.70. The van der Waals surface area contributed by atoms with E-state index in [0.717, 1.165) is 0 Å². The molecule has 6 nitrogen and oxygen atoms in total. The first kappa shape index (κ1) is 23.9. The molecule has 0 radical (unpaired) electrons. The van der Waals surface area contributed by atoms with Gasteiger partial charge in [-0.25, -0.2) is 0 Å². The molecule has 3 rings (SSSR count). The van der Waals surface area contributed by atoms with Crippen LogP contribution >= 0.6 is 0 Å². The van der Waals surface area contributed by atoms with Crippen LogP contribution < -0.4 is 14.2 Å². The van der Waals surface area contributed by atoms with E-state index >= 15 is 0 Å². The number of halogens is 3. The maximum atomic E-state index is 12.4. The van der Waals surface area contributed by atoms with Gasteiger partial charge < -0.3 is 24.1 Å². The number of alkyl halides is 3. The maximum absolute atomic E-state index is 12.4. The zero-order valence-corrected chi connectivity index (χ0v) is 17.6. The molecule has 0 fully saturated rings. The average Bonchev–Trinajstić information content (AvgIpc) is 2.73. The highest BCUT2D eigenvalue weighted by Crippen LogP contribution is 2.32. The lowest BCUT2D eigenvalue weighted by Gasteiger charge is -2.13. The van der Waals surface area contributed by atoms with Gasteiger partial charge in [0.1, 0.15) is 29.6 Å². The van der Waals surface area contributed by atoms with E-state index in [1.165, 1.54) is 24.3 Å². The molecule has 0 saturated carbocycles. The molecule has 9 heteroatoms.